The summed E-state index contributed by atoms with van der Waals surface area (Å²) in [6.07, 6.45) is 2.53. The summed E-state index contributed by atoms with van der Waals surface area (Å²) >= 11 is 6.08. The topological polar surface area (TPSA) is 85.7 Å². The van der Waals surface area contributed by atoms with Gasteiger partial charge in [0.2, 0.25) is 0 Å². The third kappa shape index (κ3) is 7.09. The number of benzene rings is 2. The monoisotopic (exact) mass is 455 g/mol. The van der Waals surface area contributed by atoms with Crippen molar-refractivity contribution in [1.29, 1.82) is 0 Å². The molecule has 0 aliphatic heterocycles. The summed E-state index contributed by atoms with van der Waals surface area (Å²) in [7, 11) is 1.63. The van der Waals surface area contributed by atoms with Crippen molar-refractivity contribution in [1.82, 2.24) is 5.32 Å². The maximum absolute atomic E-state index is 10.8. The second-order valence-electron chi connectivity index (χ2n) is 6.24. The third-order valence-electron chi connectivity index (χ3n) is 4.17. The van der Waals surface area contributed by atoms with E-state index in [1.54, 1.807) is 13.2 Å². The van der Waals surface area contributed by atoms with E-state index >= 15 is 0 Å². The molecule has 0 unspecified atom stereocenters. The van der Waals surface area contributed by atoms with Crippen molar-refractivity contribution in [2.24, 2.45) is 0 Å². The summed E-state index contributed by atoms with van der Waals surface area (Å²) in [6, 6.07) is 8.42. The summed E-state index contributed by atoms with van der Waals surface area (Å²) in [5.74, 6) is 1.46. The molecule has 0 heterocycles. The number of nitrogens with zero attached hydrogens (tertiary/aromatic N) is 1. The highest BCUT2D eigenvalue weighted by atomic mass is 35.5. The molecule has 0 aliphatic carbocycles. The standard InChI is InChI=1S/C21H26ClN3O4.ClH/c1-4-6-16-11-15(12-20(28-3)21(16)29-5-2)14-23-9-10-24-19-8-7-17(25(26)27)13-18(19)22;/h4,7-8,11-13,23-24H,1,5-6,9-10,14H2,2-3H3;1H. The van der Waals surface area contributed by atoms with E-state index in [1.165, 1.54) is 12.1 Å². The molecule has 9 heteroatoms. The van der Waals surface area contributed by atoms with Crippen LogP contribution < -0.4 is 20.1 Å². The van der Waals surface area contributed by atoms with Gasteiger partial charge < -0.3 is 20.1 Å². The highest BCUT2D eigenvalue weighted by Gasteiger charge is 2.12. The minimum Gasteiger partial charge on any atom is -0.493 e. The molecular formula is C21H27Cl2N3O4. The lowest BCUT2D eigenvalue weighted by Crippen LogP contribution is -2.22. The summed E-state index contributed by atoms with van der Waals surface area (Å²) < 4.78 is 11.2. The first-order chi connectivity index (χ1) is 14.0. The molecule has 2 aromatic carbocycles. The van der Waals surface area contributed by atoms with Crippen LogP contribution in [-0.4, -0.2) is 31.7 Å². The number of non-ortho nitro benzene ring substituents is 1. The number of halogens is 2. The molecule has 0 bridgehead atoms. The number of hydrogen-bond acceptors (Lipinski definition) is 6. The van der Waals surface area contributed by atoms with Crippen LogP contribution in [0.15, 0.2) is 43.0 Å². The Morgan fingerprint density at radius 2 is 2.03 bits per heavy atom. The van der Waals surface area contributed by atoms with E-state index in [0.717, 1.165) is 16.9 Å². The zero-order chi connectivity index (χ0) is 21.2. The Hall–Kier alpha value is -2.48. The summed E-state index contributed by atoms with van der Waals surface area (Å²) in [4.78, 5) is 10.3. The first-order valence-electron chi connectivity index (χ1n) is 9.32. The van der Waals surface area contributed by atoms with E-state index in [0.29, 0.717) is 49.1 Å². The molecule has 2 rings (SSSR count). The van der Waals surface area contributed by atoms with Crippen LogP contribution in [-0.2, 0) is 13.0 Å². The molecule has 0 radical (unpaired) electrons. The molecule has 7 nitrogen and oxygen atoms in total. The quantitative estimate of drug-likeness (QED) is 0.202. The first-order valence-corrected chi connectivity index (χ1v) is 9.69. The Labute approximate surface area is 188 Å². The summed E-state index contributed by atoms with van der Waals surface area (Å²) in [5, 5.41) is 17.6. The van der Waals surface area contributed by atoms with E-state index in [9.17, 15) is 10.1 Å². The number of nitro groups is 1. The molecule has 0 aliphatic rings. The molecule has 30 heavy (non-hydrogen) atoms. The number of anilines is 1. The number of nitrogens with one attached hydrogen (secondary N) is 2. The number of methoxy groups -OCH3 is 1. The van der Waals surface area contributed by atoms with Crippen molar-refractivity contribution in [3.8, 4) is 11.5 Å². The fourth-order valence-electron chi connectivity index (χ4n) is 2.87. The van der Waals surface area contributed by atoms with E-state index < -0.39 is 4.92 Å². The molecule has 0 atom stereocenters. The highest BCUT2D eigenvalue weighted by Crippen LogP contribution is 2.33. The molecule has 0 saturated carbocycles. The maximum atomic E-state index is 10.8. The van der Waals surface area contributed by atoms with E-state index in [1.807, 2.05) is 19.1 Å². The number of ether oxygens (including phenoxy) is 2. The third-order valence-corrected chi connectivity index (χ3v) is 4.49. The van der Waals surface area contributed by atoms with Gasteiger partial charge >= 0.3 is 0 Å². The normalized spacial score (nSPS) is 10.1. The Morgan fingerprint density at radius 1 is 1.27 bits per heavy atom. The van der Waals surface area contributed by atoms with E-state index in [4.69, 9.17) is 21.1 Å². The lowest BCUT2D eigenvalue weighted by Gasteiger charge is -2.16. The second kappa shape index (κ2) is 13.0. The van der Waals surface area contributed by atoms with Crippen LogP contribution in [0.5, 0.6) is 11.5 Å². The SMILES string of the molecule is C=CCc1cc(CNCCNc2ccc([N+](=O)[O-])cc2Cl)cc(OC)c1OCC.Cl. The van der Waals surface area contributed by atoms with Gasteiger partial charge in [0, 0.05) is 37.3 Å². The molecule has 2 N–H and O–H groups in total. The Balaban J connectivity index is 0.00000450. The van der Waals surface area contributed by atoms with Crippen LogP contribution in [0.4, 0.5) is 11.4 Å². The molecular weight excluding hydrogens is 429 g/mol. The Bertz CT molecular complexity index is 862. The van der Waals surface area contributed by atoms with Crippen molar-refractivity contribution in [2.75, 3.05) is 32.1 Å². The second-order valence-corrected chi connectivity index (χ2v) is 6.64. The van der Waals surface area contributed by atoms with Gasteiger partial charge in [-0.3, -0.25) is 10.1 Å². The van der Waals surface area contributed by atoms with Gasteiger partial charge in [-0.1, -0.05) is 23.7 Å². The van der Waals surface area contributed by atoms with Crippen molar-refractivity contribution < 1.29 is 14.4 Å². The van der Waals surface area contributed by atoms with Crippen LogP contribution in [0.1, 0.15) is 18.1 Å². The predicted octanol–water partition coefficient (Wildman–Crippen LogP) is 5.01. The molecule has 164 valence electrons. The van der Waals surface area contributed by atoms with Crippen LogP contribution in [0, 0.1) is 10.1 Å². The number of rotatable bonds is 12. The van der Waals surface area contributed by atoms with Crippen molar-refractivity contribution >= 4 is 35.4 Å². The average Bonchev–Trinajstić information content (AvgIpc) is 2.70. The van der Waals surface area contributed by atoms with Gasteiger partial charge in [-0.2, -0.15) is 0 Å². The number of hydrogen-bond donors (Lipinski definition) is 2. The van der Waals surface area contributed by atoms with Crippen LogP contribution in [0.25, 0.3) is 0 Å². The van der Waals surface area contributed by atoms with Crippen molar-refractivity contribution in [3.05, 3.63) is 69.3 Å². The first kappa shape index (κ1) is 25.6. The average molecular weight is 456 g/mol. The Kier molecular flexibility index (Phi) is 11.0. The molecule has 0 fully saturated rings. The van der Waals surface area contributed by atoms with Crippen LogP contribution in [0.2, 0.25) is 5.02 Å². The fraction of sp³-hybridized carbons (Fsp3) is 0.333. The van der Waals surface area contributed by atoms with Gasteiger partial charge in [0.05, 0.1) is 29.4 Å². The zero-order valence-corrected chi connectivity index (χ0v) is 18.6. The fourth-order valence-corrected chi connectivity index (χ4v) is 3.11. The molecule has 0 amide bonds. The zero-order valence-electron chi connectivity index (χ0n) is 17.1. The lowest BCUT2D eigenvalue weighted by atomic mass is 10.1. The maximum Gasteiger partial charge on any atom is 0.271 e. The van der Waals surface area contributed by atoms with Gasteiger partial charge in [0.15, 0.2) is 11.5 Å². The van der Waals surface area contributed by atoms with Crippen LogP contribution in [0.3, 0.4) is 0 Å². The summed E-state index contributed by atoms with van der Waals surface area (Å²) in [6.45, 7) is 8.27. The van der Waals surface area contributed by atoms with Gasteiger partial charge in [0.25, 0.3) is 5.69 Å². The van der Waals surface area contributed by atoms with E-state index in [-0.39, 0.29) is 18.1 Å². The molecule has 0 spiro atoms. The number of allylic oxidation sites excluding steroid dienone is 1. The summed E-state index contributed by atoms with van der Waals surface area (Å²) in [5.41, 5.74) is 2.75. The van der Waals surface area contributed by atoms with Crippen molar-refractivity contribution in [3.63, 3.8) is 0 Å². The minimum atomic E-state index is -0.469. The van der Waals surface area contributed by atoms with Gasteiger partial charge in [-0.05, 0) is 31.0 Å². The van der Waals surface area contributed by atoms with Gasteiger partial charge in [0.1, 0.15) is 0 Å². The number of nitro benzene ring substituents is 1. The van der Waals surface area contributed by atoms with Crippen molar-refractivity contribution in [2.45, 2.75) is 19.9 Å². The largest absolute Gasteiger partial charge is 0.493 e. The molecule has 0 saturated heterocycles. The lowest BCUT2D eigenvalue weighted by molar-refractivity contribution is -0.384. The molecule has 2 aromatic rings. The Morgan fingerprint density at radius 3 is 2.63 bits per heavy atom. The smallest absolute Gasteiger partial charge is 0.271 e. The van der Waals surface area contributed by atoms with Gasteiger partial charge in [-0.25, -0.2) is 0 Å². The predicted molar refractivity (Wildman–Crippen MR) is 124 cm³/mol. The highest BCUT2D eigenvalue weighted by molar-refractivity contribution is 6.33. The van der Waals surface area contributed by atoms with E-state index in [2.05, 4.69) is 23.3 Å². The minimum absolute atomic E-state index is 0. The molecule has 0 aromatic heterocycles. The van der Waals surface area contributed by atoms with Crippen LogP contribution >= 0.6 is 24.0 Å². The van der Waals surface area contributed by atoms with Gasteiger partial charge in [-0.15, -0.1) is 19.0 Å².